The average Bonchev–Trinajstić information content (AvgIpc) is 2.25. The number of benzene rings is 2. The fourth-order valence-electron chi connectivity index (χ4n) is 1.81. The van der Waals surface area contributed by atoms with Gasteiger partial charge in [0.2, 0.25) is 0 Å². The number of phenols is 1. The first kappa shape index (κ1) is 14.5. The van der Waals surface area contributed by atoms with Crippen molar-refractivity contribution in [2.24, 2.45) is 0 Å². The maximum absolute atomic E-state index is 11.3. The Morgan fingerprint density at radius 2 is 1.55 bits per heavy atom. The second-order valence-corrected chi connectivity index (χ2v) is 6.78. The number of rotatable bonds is 2. The Morgan fingerprint density at radius 1 is 0.950 bits per heavy atom. The van der Waals surface area contributed by atoms with Gasteiger partial charge in [-0.25, -0.2) is 0 Å². The van der Waals surface area contributed by atoms with Crippen LogP contribution in [0.4, 0.5) is 5.69 Å². The number of hydrogen-bond donors (Lipinski definition) is 4. The molecule has 2 aromatic rings. The first-order valence-electron chi connectivity index (χ1n) is 5.02. The Kier molecular flexibility index (Phi) is 3.13. The molecule has 10 heteroatoms. The second-order valence-electron chi connectivity index (χ2n) is 3.97. The minimum absolute atomic E-state index is 0.0215. The van der Waals surface area contributed by atoms with Crippen LogP contribution in [-0.4, -0.2) is 31.0 Å². The van der Waals surface area contributed by atoms with Gasteiger partial charge in [-0.1, -0.05) is 0 Å². The molecule has 8 nitrogen and oxygen atoms in total. The molecule has 5 N–H and O–H groups in total. The van der Waals surface area contributed by atoms with E-state index < -0.39 is 35.8 Å². The van der Waals surface area contributed by atoms with Crippen LogP contribution in [0.25, 0.3) is 10.8 Å². The highest BCUT2D eigenvalue weighted by molar-refractivity contribution is 7.86. The monoisotopic (exact) mass is 319 g/mol. The summed E-state index contributed by atoms with van der Waals surface area (Å²) in [5.41, 5.74) is 5.56. The summed E-state index contributed by atoms with van der Waals surface area (Å²) in [6.45, 7) is 0. The van der Waals surface area contributed by atoms with Gasteiger partial charge >= 0.3 is 0 Å². The minimum Gasteiger partial charge on any atom is -0.507 e. The molecule has 20 heavy (non-hydrogen) atoms. The van der Waals surface area contributed by atoms with Crippen molar-refractivity contribution in [2.75, 3.05) is 5.73 Å². The summed E-state index contributed by atoms with van der Waals surface area (Å²) in [5, 5.41) is 9.29. The van der Waals surface area contributed by atoms with Gasteiger partial charge in [0.25, 0.3) is 20.2 Å². The van der Waals surface area contributed by atoms with Crippen molar-refractivity contribution in [1.29, 1.82) is 0 Å². The number of anilines is 1. The predicted octanol–water partition coefficient (Wildman–Crippen LogP) is 0.621. The molecule has 0 fully saturated rings. The lowest BCUT2D eigenvalue weighted by Crippen LogP contribution is -2.03. The minimum atomic E-state index is -4.67. The van der Waals surface area contributed by atoms with Crippen molar-refractivity contribution in [1.82, 2.24) is 0 Å². The first-order chi connectivity index (χ1) is 9.01. The standard InChI is InChI=1S/C10H9NO7S2/c11-7-1-2-9(20(16,17)18)6-3-5(19(13,14)15)4-8(12)10(6)7/h1-4,12H,11H2,(H,13,14,15)(H,16,17,18). The number of phenolic OH excluding ortho intramolecular Hbond substituents is 1. The first-order valence-corrected chi connectivity index (χ1v) is 7.90. The van der Waals surface area contributed by atoms with E-state index in [1.165, 1.54) is 0 Å². The highest BCUT2D eigenvalue weighted by Crippen LogP contribution is 2.36. The van der Waals surface area contributed by atoms with Crippen LogP contribution >= 0.6 is 0 Å². The van der Waals surface area contributed by atoms with Crippen LogP contribution in [0.1, 0.15) is 0 Å². The molecule has 0 bridgehead atoms. The van der Waals surface area contributed by atoms with Crippen LogP contribution in [-0.2, 0) is 20.2 Å². The van der Waals surface area contributed by atoms with Crippen molar-refractivity contribution in [3.05, 3.63) is 24.3 Å². The summed E-state index contributed by atoms with van der Waals surface area (Å²) in [6.07, 6.45) is 0. The van der Waals surface area contributed by atoms with E-state index in [-0.39, 0.29) is 16.5 Å². The van der Waals surface area contributed by atoms with Gasteiger partial charge in [-0.15, -0.1) is 0 Å². The molecule has 0 atom stereocenters. The molecular formula is C10H9NO7S2. The average molecular weight is 319 g/mol. The van der Waals surface area contributed by atoms with Crippen LogP contribution in [0.15, 0.2) is 34.1 Å². The van der Waals surface area contributed by atoms with Crippen molar-refractivity contribution in [3.63, 3.8) is 0 Å². The largest absolute Gasteiger partial charge is 0.507 e. The molecule has 2 aromatic carbocycles. The van der Waals surface area contributed by atoms with E-state index in [0.717, 1.165) is 24.3 Å². The normalized spacial score (nSPS) is 12.7. The summed E-state index contributed by atoms with van der Waals surface area (Å²) < 4.78 is 62.7. The third kappa shape index (κ3) is 2.41. The van der Waals surface area contributed by atoms with Gasteiger partial charge in [-0.3, -0.25) is 9.11 Å². The number of fused-ring (bicyclic) bond motifs is 1. The van der Waals surface area contributed by atoms with Crippen LogP contribution in [0.5, 0.6) is 5.75 Å². The van der Waals surface area contributed by atoms with Gasteiger partial charge in [-0.05, 0) is 18.2 Å². The molecule has 0 aliphatic carbocycles. The summed E-state index contributed by atoms with van der Waals surface area (Å²) in [7, 11) is -9.34. The summed E-state index contributed by atoms with van der Waals surface area (Å²) in [4.78, 5) is -1.36. The molecule has 108 valence electrons. The molecule has 0 aliphatic heterocycles. The van der Waals surface area contributed by atoms with Gasteiger partial charge in [-0.2, -0.15) is 16.8 Å². The van der Waals surface area contributed by atoms with E-state index in [1.54, 1.807) is 0 Å². The van der Waals surface area contributed by atoms with Crippen molar-refractivity contribution >= 4 is 36.7 Å². The Morgan fingerprint density at radius 3 is 2.05 bits per heavy atom. The highest BCUT2D eigenvalue weighted by atomic mass is 32.2. The van der Waals surface area contributed by atoms with E-state index in [4.69, 9.17) is 14.8 Å². The zero-order valence-electron chi connectivity index (χ0n) is 9.68. The SMILES string of the molecule is Nc1ccc(S(=O)(=O)O)c2cc(S(=O)(=O)O)cc(O)c12. The van der Waals surface area contributed by atoms with Gasteiger partial charge < -0.3 is 10.8 Å². The Balaban J connectivity index is 3.08. The molecule has 0 aromatic heterocycles. The van der Waals surface area contributed by atoms with Gasteiger partial charge in [0.1, 0.15) is 10.6 Å². The number of nitrogen functional groups attached to an aromatic ring is 1. The zero-order chi connectivity index (χ0) is 15.3. The van der Waals surface area contributed by atoms with Crippen LogP contribution in [0.2, 0.25) is 0 Å². The predicted molar refractivity (Wildman–Crippen MR) is 69.7 cm³/mol. The summed E-state index contributed by atoms with van der Waals surface area (Å²) in [5.74, 6) is -0.641. The summed E-state index contributed by atoms with van der Waals surface area (Å²) in [6, 6.07) is 3.62. The van der Waals surface area contributed by atoms with E-state index in [0.29, 0.717) is 0 Å². The lowest BCUT2D eigenvalue weighted by atomic mass is 10.1. The zero-order valence-corrected chi connectivity index (χ0v) is 11.3. The number of aromatic hydroxyl groups is 1. The van der Waals surface area contributed by atoms with Gasteiger partial charge in [0.05, 0.1) is 4.90 Å². The molecule has 0 spiro atoms. The fraction of sp³-hybridized carbons (Fsp3) is 0. The van der Waals surface area contributed by atoms with E-state index in [2.05, 4.69) is 0 Å². The number of hydrogen-bond acceptors (Lipinski definition) is 6. The van der Waals surface area contributed by atoms with Crippen molar-refractivity contribution < 1.29 is 31.0 Å². The molecule has 0 amide bonds. The van der Waals surface area contributed by atoms with Crippen LogP contribution in [0.3, 0.4) is 0 Å². The lowest BCUT2D eigenvalue weighted by Gasteiger charge is -2.10. The molecule has 0 saturated carbocycles. The van der Waals surface area contributed by atoms with Crippen molar-refractivity contribution in [3.8, 4) is 5.75 Å². The second kappa shape index (κ2) is 4.31. The van der Waals surface area contributed by atoms with E-state index >= 15 is 0 Å². The molecule has 0 radical (unpaired) electrons. The van der Waals surface area contributed by atoms with E-state index in [1.807, 2.05) is 0 Å². The molecule has 2 rings (SSSR count). The summed E-state index contributed by atoms with van der Waals surface area (Å²) >= 11 is 0. The third-order valence-electron chi connectivity index (χ3n) is 2.64. The quantitative estimate of drug-likeness (QED) is 0.463. The lowest BCUT2D eigenvalue weighted by molar-refractivity contribution is 0.470. The molecular weight excluding hydrogens is 310 g/mol. The third-order valence-corrected chi connectivity index (χ3v) is 4.38. The van der Waals surface area contributed by atoms with Crippen LogP contribution < -0.4 is 5.73 Å². The van der Waals surface area contributed by atoms with Gasteiger partial charge in [0.15, 0.2) is 0 Å². The maximum Gasteiger partial charge on any atom is 0.295 e. The highest BCUT2D eigenvalue weighted by Gasteiger charge is 2.21. The Labute approximate surface area is 114 Å². The van der Waals surface area contributed by atoms with E-state index in [9.17, 15) is 21.9 Å². The smallest absolute Gasteiger partial charge is 0.295 e. The van der Waals surface area contributed by atoms with Crippen molar-refractivity contribution in [2.45, 2.75) is 9.79 Å². The Hall–Kier alpha value is -1.88. The number of nitrogens with two attached hydrogens (primary N) is 1. The van der Waals surface area contributed by atoms with Gasteiger partial charge in [0, 0.05) is 22.5 Å². The molecule has 0 unspecified atom stereocenters. The maximum atomic E-state index is 11.3. The topological polar surface area (TPSA) is 155 Å². The fourth-order valence-corrected chi connectivity index (χ4v) is 3.02. The van der Waals surface area contributed by atoms with Crippen LogP contribution in [0, 0.1) is 0 Å². The molecule has 0 aliphatic rings. The molecule has 0 saturated heterocycles. The Bertz CT molecular complexity index is 916. The molecule has 0 heterocycles.